The van der Waals surface area contributed by atoms with E-state index in [2.05, 4.69) is 20.1 Å². The smallest absolute Gasteiger partial charge is 0.441 e. The van der Waals surface area contributed by atoms with Crippen molar-refractivity contribution in [3.8, 4) is 0 Å². The molecule has 1 atom stereocenters. The van der Waals surface area contributed by atoms with Crippen LogP contribution >= 0.6 is 0 Å². The maximum atomic E-state index is 13.0. The lowest BCUT2D eigenvalue weighted by atomic mass is 9.80. The fourth-order valence-electron chi connectivity index (χ4n) is 5.04. The number of aromatic amines is 1. The van der Waals surface area contributed by atoms with E-state index in [0.29, 0.717) is 5.56 Å². The SMILES string of the molecule is CC(C)(C)C(CNC(=O)c1ccc(N2CCN(c3nc4ccccc4[nH]3)CC2)cc1)C(=O)ONC(=O)OCc1ccccc1. The number of rotatable bonds is 8. The van der Waals surface area contributed by atoms with Gasteiger partial charge in [0.05, 0.1) is 17.0 Å². The fraction of sp³-hybridized carbons (Fsp3) is 0.333. The number of benzene rings is 3. The number of nitrogens with zero attached hydrogens (tertiary/aromatic N) is 3. The van der Waals surface area contributed by atoms with Crippen LogP contribution < -0.4 is 20.6 Å². The van der Waals surface area contributed by atoms with E-state index < -0.39 is 23.4 Å². The van der Waals surface area contributed by atoms with Crippen LogP contribution in [-0.4, -0.2) is 60.7 Å². The molecule has 0 aliphatic carbocycles. The van der Waals surface area contributed by atoms with Crippen molar-refractivity contribution in [3.05, 3.63) is 90.0 Å². The van der Waals surface area contributed by atoms with E-state index in [1.807, 2.05) is 93.0 Å². The Morgan fingerprint density at radius 3 is 2.23 bits per heavy atom. The number of nitrogens with one attached hydrogen (secondary N) is 3. The van der Waals surface area contributed by atoms with Crippen LogP contribution in [0.15, 0.2) is 78.9 Å². The topological polar surface area (TPSA) is 129 Å². The largest absolute Gasteiger partial charge is 0.443 e. The first kappa shape index (κ1) is 30.4. The quantitative estimate of drug-likeness (QED) is 0.250. The van der Waals surface area contributed by atoms with Crippen molar-refractivity contribution in [3.63, 3.8) is 0 Å². The summed E-state index contributed by atoms with van der Waals surface area (Å²) >= 11 is 0. The van der Waals surface area contributed by atoms with Crippen molar-refractivity contribution in [2.24, 2.45) is 11.3 Å². The van der Waals surface area contributed by atoms with Gasteiger partial charge in [-0.3, -0.25) is 4.79 Å². The van der Waals surface area contributed by atoms with Gasteiger partial charge >= 0.3 is 12.1 Å². The summed E-state index contributed by atoms with van der Waals surface area (Å²) in [5.74, 6) is -0.813. The molecule has 2 amide bonds. The van der Waals surface area contributed by atoms with Crippen LogP contribution in [0.1, 0.15) is 36.7 Å². The molecule has 44 heavy (non-hydrogen) atoms. The summed E-state index contributed by atoms with van der Waals surface area (Å²) in [7, 11) is 0. The van der Waals surface area contributed by atoms with E-state index in [4.69, 9.17) is 14.6 Å². The summed E-state index contributed by atoms with van der Waals surface area (Å²) in [5, 5.41) is 2.84. The molecule has 0 radical (unpaired) electrons. The van der Waals surface area contributed by atoms with Crippen molar-refractivity contribution < 1.29 is 24.0 Å². The van der Waals surface area contributed by atoms with Crippen molar-refractivity contribution >= 4 is 40.6 Å². The van der Waals surface area contributed by atoms with Gasteiger partial charge in [0, 0.05) is 44.0 Å². The number of piperazine rings is 1. The number of H-pyrrole nitrogens is 1. The Labute approximate surface area is 256 Å². The van der Waals surface area contributed by atoms with Gasteiger partial charge in [0.2, 0.25) is 5.95 Å². The number of carbonyl (C=O) groups excluding carboxylic acids is 3. The number of hydroxylamine groups is 1. The van der Waals surface area contributed by atoms with Crippen LogP contribution in [0, 0.1) is 11.3 Å². The van der Waals surface area contributed by atoms with Crippen LogP contribution in [0.4, 0.5) is 16.4 Å². The Balaban J connectivity index is 1.09. The normalized spacial score (nSPS) is 14.2. The summed E-state index contributed by atoms with van der Waals surface area (Å²) in [5.41, 5.74) is 5.81. The number of hydrogen-bond donors (Lipinski definition) is 3. The second-order valence-electron chi connectivity index (χ2n) is 11.8. The third-order valence-electron chi connectivity index (χ3n) is 7.70. The van der Waals surface area contributed by atoms with Crippen molar-refractivity contribution in [1.29, 1.82) is 0 Å². The van der Waals surface area contributed by atoms with Crippen LogP contribution in [0.3, 0.4) is 0 Å². The molecule has 1 saturated heterocycles. The molecule has 3 N–H and O–H groups in total. The Kier molecular flexibility index (Phi) is 9.32. The number of amides is 2. The maximum Gasteiger partial charge on any atom is 0.441 e. The van der Waals surface area contributed by atoms with E-state index in [-0.39, 0.29) is 19.1 Å². The second-order valence-corrected chi connectivity index (χ2v) is 11.8. The highest BCUT2D eigenvalue weighted by Crippen LogP contribution is 2.27. The van der Waals surface area contributed by atoms with E-state index in [0.717, 1.165) is 54.4 Å². The Hall–Kier alpha value is -5.06. The highest BCUT2D eigenvalue weighted by Gasteiger charge is 2.34. The molecule has 1 aromatic heterocycles. The molecule has 1 aliphatic rings. The highest BCUT2D eigenvalue weighted by molar-refractivity contribution is 5.94. The average Bonchev–Trinajstić information content (AvgIpc) is 3.47. The van der Waals surface area contributed by atoms with Gasteiger partial charge in [0.1, 0.15) is 6.61 Å². The molecule has 5 rings (SSSR count). The summed E-state index contributed by atoms with van der Waals surface area (Å²) in [4.78, 5) is 55.5. The van der Waals surface area contributed by atoms with Crippen molar-refractivity contribution in [1.82, 2.24) is 20.8 Å². The molecule has 1 aliphatic heterocycles. The Morgan fingerprint density at radius 1 is 0.886 bits per heavy atom. The van der Waals surface area contributed by atoms with Gasteiger partial charge in [-0.2, -0.15) is 0 Å². The van der Waals surface area contributed by atoms with Crippen LogP contribution in [0.25, 0.3) is 11.0 Å². The lowest BCUT2D eigenvalue weighted by Crippen LogP contribution is -2.47. The van der Waals surface area contributed by atoms with E-state index in [9.17, 15) is 14.4 Å². The summed E-state index contributed by atoms with van der Waals surface area (Å²) in [6.07, 6.45) is -0.880. The van der Waals surface area contributed by atoms with E-state index in [1.165, 1.54) is 0 Å². The number of ether oxygens (including phenoxy) is 1. The summed E-state index contributed by atoms with van der Waals surface area (Å²) < 4.78 is 5.08. The van der Waals surface area contributed by atoms with Gasteiger partial charge in [0.15, 0.2) is 0 Å². The van der Waals surface area contributed by atoms with Gasteiger partial charge in [-0.1, -0.05) is 63.2 Å². The third-order valence-corrected chi connectivity index (χ3v) is 7.70. The first-order valence-electron chi connectivity index (χ1n) is 14.7. The summed E-state index contributed by atoms with van der Waals surface area (Å²) in [6.45, 7) is 8.97. The molecular weight excluding hydrogens is 560 g/mol. The maximum absolute atomic E-state index is 13.0. The molecule has 11 nitrogen and oxygen atoms in total. The highest BCUT2D eigenvalue weighted by atomic mass is 16.7. The summed E-state index contributed by atoms with van der Waals surface area (Å²) in [6, 6.07) is 24.6. The lowest BCUT2D eigenvalue weighted by Gasteiger charge is -2.36. The predicted octanol–water partition coefficient (Wildman–Crippen LogP) is 4.67. The van der Waals surface area contributed by atoms with Crippen LogP contribution in [0.2, 0.25) is 0 Å². The molecular formula is C33H38N6O5. The number of anilines is 2. The number of carbonyl (C=O) groups is 3. The third kappa shape index (κ3) is 7.66. The monoisotopic (exact) mass is 598 g/mol. The Bertz CT molecular complexity index is 1540. The zero-order valence-electron chi connectivity index (χ0n) is 25.2. The minimum absolute atomic E-state index is 0.0351. The van der Waals surface area contributed by atoms with Crippen LogP contribution in [0.5, 0.6) is 0 Å². The number of aromatic nitrogens is 2. The first-order chi connectivity index (χ1) is 21.2. The fourth-order valence-corrected chi connectivity index (χ4v) is 5.04. The van der Waals surface area contributed by atoms with E-state index in [1.54, 1.807) is 12.1 Å². The number of hydrogen-bond acceptors (Lipinski definition) is 8. The van der Waals surface area contributed by atoms with Crippen LogP contribution in [-0.2, 0) is 21.0 Å². The zero-order chi connectivity index (χ0) is 31.1. The second kappa shape index (κ2) is 13.5. The molecule has 1 unspecified atom stereocenters. The minimum Gasteiger partial charge on any atom is -0.443 e. The number of imidazole rings is 1. The van der Waals surface area contributed by atoms with E-state index >= 15 is 0 Å². The molecule has 11 heteroatoms. The first-order valence-corrected chi connectivity index (χ1v) is 14.7. The Morgan fingerprint density at radius 2 is 1.55 bits per heavy atom. The average molecular weight is 599 g/mol. The zero-order valence-corrected chi connectivity index (χ0v) is 25.2. The van der Waals surface area contributed by atoms with Gasteiger partial charge in [-0.05, 0) is 47.4 Å². The van der Waals surface area contributed by atoms with Crippen molar-refractivity contribution in [2.75, 3.05) is 42.5 Å². The molecule has 0 spiro atoms. The van der Waals surface area contributed by atoms with Gasteiger partial charge < -0.3 is 29.7 Å². The predicted molar refractivity (Wildman–Crippen MR) is 168 cm³/mol. The molecule has 0 saturated carbocycles. The lowest BCUT2D eigenvalue weighted by molar-refractivity contribution is -0.158. The molecule has 1 fully saturated rings. The molecule has 230 valence electrons. The molecule has 4 aromatic rings. The molecule has 2 heterocycles. The minimum atomic E-state index is -0.880. The van der Waals surface area contributed by atoms with Crippen molar-refractivity contribution in [2.45, 2.75) is 27.4 Å². The number of fused-ring (bicyclic) bond motifs is 1. The van der Waals surface area contributed by atoms with Gasteiger partial charge in [0.25, 0.3) is 5.91 Å². The number of para-hydroxylation sites is 2. The molecule has 0 bridgehead atoms. The standard InChI is InChI=1S/C33H38N6O5/c1-33(2,3)26(30(41)44-37-32(42)43-22-23-9-5-4-6-10-23)21-34-29(40)24-13-15-25(16-14-24)38-17-19-39(20-18-38)31-35-27-11-7-8-12-28(27)36-31/h4-16,26H,17-22H2,1-3H3,(H,34,40)(H,35,36)(H,37,42). The van der Waals surface area contributed by atoms with Gasteiger partial charge in [-0.25, -0.2) is 14.6 Å². The molecule has 3 aromatic carbocycles. The van der Waals surface area contributed by atoms with Gasteiger partial charge in [-0.15, -0.1) is 5.48 Å².